The number of carbonyl (C=O) groups excluding carboxylic acids is 1. The van der Waals surface area contributed by atoms with Crippen molar-refractivity contribution in [2.24, 2.45) is 0 Å². The first-order valence-electron chi connectivity index (χ1n) is 10.6. The summed E-state index contributed by atoms with van der Waals surface area (Å²) >= 11 is 0. The third kappa shape index (κ3) is 4.16. The van der Waals surface area contributed by atoms with Crippen LogP contribution in [-0.4, -0.2) is 43.0 Å². The van der Waals surface area contributed by atoms with E-state index < -0.39 is 0 Å². The van der Waals surface area contributed by atoms with Gasteiger partial charge in [0.1, 0.15) is 6.04 Å². The molecule has 2 aromatic carbocycles. The lowest BCUT2D eigenvalue weighted by molar-refractivity contribution is -0.133. The Kier molecular flexibility index (Phi) is 5.61. The summed E-state index contributed by atoms with van der Waals surface area (Å²) in [4.78, 5) is 17.5. The number of piperazine rings is 1. The van der Waals surface area contributed by atoms with E-state index in [-0.39, 0.29) is 18.0 Å². The van der Waals surface area contributed by atoms with Gasteiger partial charge >= 0.3 is 0 Å². The zero-order valence-electron chi connectivity index (χ0n) is 18.0. The number of nitrogens with one attached hydrogen (secondary N) is 2. The fourth-order valence-corrected chi connectivity index (χ4v) is 4.37. The Hall–Kier alpha value is -2.37. The minimum Gasteiger partial charge on any atom is -0.368 e. The predicted molar refractivity (Wildman–Crippen MR) is 118 cm³/mol. The van der Waals surface area contributed by atoms with Gasteiger partial charge in [-0.2, -0.15) is 0 Å². The summed E-state index contributed by atoms with van der Waals surface area (Å²) < 4.78 is 0. The number of amides is 1. The smallest absolute Gasteiger partial charge is 0.241 e. The maximum absolute atomic E-state index is 13.1. The molecule has 1 amide bonds. The normalized spacial score (nSPS) is 22.2. The van der Waals surface area contributed by atoms with Crippen molar-refractivity contribution >= 4 is 11.6 Å². The van der Waals surface area contributed by atoms with Crippen LogP contribution in [0.1, 0.15) is 40.3 Å². The number of anilines is 1. The molecule has 0 spiro atoms. The first-order valence-corrected chi connectivity index (χ1v) is 10.6. The monoisotopic (exact) mass is 392 g/mol. The number of hydrazine groups is 1. The molecule has 29 heavy (non-hydrogen) atoms. The Morgan fingerprint density at radius 1 is 0.862 bits per heavy atom. The lowest BCUT2D eigenvalue weighted by Gasteiger charge is -2.37. The highest BCUT2D eigenvalue weighted by Gasteiger charge is 2.34. The number of benzene rings is 2. The van der Waals surface area contributed by atoms with E-state index in [1.54, 1.807) is 0 Å². The quantitative estimate of drug-likeness (QED) is 0.842. The maximum Gasteiger partial charge on any atom is 0.241 e. The van der Waals surface area contributed by atoms with Crippen molar-refractivity contribution in [3.05, 3.63) is 64.2 Å². The van der Waals surface area contributed by atoms with Crippen LogP contribution in [0.15, 0.2) is 36.4 Å². The first-order chi connectivity index (χ1) is 13.9. The maximum atomic E-state index is 13.1. The highest BCUT2D eigenvalue weighted by molar-refractivity contribution is 5.82. The van der Waals surface area contributed by atoms with Gasteiger partial charge in [-0.3, -0.25) is 4.79 Å². The second-order valence-corrected chi connectivity index (χ2v) is 8.58. The number of rotatable bonds is 3. The molecule has 4 rings (SSSR count). The molecule has 2 saturated heterocycles. The van der Waals surface area contributed by atoms with Crippen molar-refractivity contribution in [2.45, 2.75) is 46.2 Å². The van der Waals surface area contributed by atoms with Gasteiger partial charge in [0.15, 0.2) is 0 Å². The minimum atomic E-state index is -0.158. The fraction of sp³-hybridized carbons (Fsp3) is 0.458. The van der Waals surface area contributed by atoms with E-state index in [0.29, 0.717) is 0 Å². The van der Waals surface area contributed by atoms with E-state index in [1.807, 2.05) is 4.90 Å². The summed E-state index contributed by atoms with van der Waals surface area (Å²) in [7, 11) is 0. The van der Waals surface area contributed by atoms with Gasteiger partial charge in [-0.15, -0.1) is 0 Å². The van der Waals surface area contributed by atoms with Gasteiger partial charge in [0.2, 0.25) is 5.91 Å². The molecule has 2 fully saturated rings. The summed E-state index contributed by atoms with van der Waals surface area (Å²) in [5.74, 6) is 0.212. The lowest BCUT2D eigenvalue weighted by Crippen LogP contribution is -2.53. The average Bonchev–Trinajstić information content (AvgIpc) is 3.22. The third-order valence-electron chi connectivity index (χ3n) is 6.43. The fourth-order valence-electron chi connectivity index (χ4n) is 4.37. The Bertz CT molecular complexity index is 902. The molecule has 0 bridgehead atoms. The summed E-state index contributed by atoms with van der Waals surface area (Å²) in [6.45, 7) is 11.9. The van der Waals surface area contributed by atoms with E-state index in [4.69, 9.17) is 0 Å². The molecule has 2 heterocycles. The zero-order chi connectivity index (χ0) is 20.5. The summed E-state index contributed by atoms with van der Waals surface area (Å²) in [6.07, 6.45) is 0.790. The molecule has 2 aromatic rings. The molecule has 154 valence electrons. The Balaban J connectivity index is 1.35. The molecule has 0 saturated carbocycles. The molecular weight excluding hydrogens is 360 g/mol. The van der Waals surface area contributed by atoms with Crippen LogP contribution in [0.2, 0.25) is 0 Å². The number of hydrogen-bond donors (Lipinski definition) is 2. The summed E-state index contributed by atoms with van der Waals surface area (Å²) in [5, 5.41) is 0. The van der Waals surface area contributed by atoms with E-state index in [9.17, 15) is 4.79 Å². The SMILES string of the molecule is Cc1ccc(C)c(N2CCN(C(=O)C3CC(c4ccc(C)c(C)c4)NN3)CC2)c1. The Morgan fingerprint density at radius 3 is 2.31 bits per heavy atom. The van der Waals surface area contributed by atoms with Crippen LogP contribution in [0.25, 0.3) is 0 Å². The summed E-state index contributed by atoms with van der Waals surface area (Å²) in [5.41, 5.74) is 14.3. The zero-order valence-corrected chi connectivity index (χ0v) is 18.0. The van der Waals surface area contributed by atoms with Crippen molar-refractivity contribution in [2.75, 3.05) is 31.1 Å². The Morgan fingerprint density at radius 2 is 1.59 bits per heavy atom. The van der Waals surface area contributed by atoms with Crippen LogP contribution in [0.4, 0.5) is 5.69 Å². The molecule has 2 aliphatic heterocycles. The molecule has 2 aliphatic rings. The van der Waals surface area contributed by atoms with Gasteiger partial charge in [-0.25, -0.2) is 10.9 Å². The second-order valence-electron chi connectivity index (χ2n) is 8.58. The summed E-state index contributed by atoms with van der Waals surface area (Å²) in [6, 6.07) is 13.2. The number of aryl methyl sites for hydroxylation is 4. The van der Waals surface area contributed by atoms with Crippen LogP contribution in [-0.2, 0) is 4.79 Å². The van der Waals surface area contributed by atoms with Gasteiger partial charge in [0.05, 0.1) is 0 Å². The van der Waals surface area contributed by atoms with E-state index >= 15 is 0 Å². The van der Waals surface area contributed by atoms with Crippen molar-refractivity contribution in [1.29, 1.82) is 0 Å². The molecule has 0 radical (unpaired) electrons. The van der Waals surface area contributed by atoms with E-state index in [0.717, 1.165) is 32.6 Å². The van der Waals surface area contributed by atoms with E-state index in [1.165, 1.54) is 33.5 Å². The third-order valence-corrected chi connectivity index (χ3v) is 6.43. The standard InChI is InChI=1S/C24H32N4O/c1-16-5-6-18(3)23(13-16)27-9-11-28(12-10-27)24(29)22-15-21(25-26-22)20-8-7-17(2)19(4)14-20/h5-8,13-14,21-22,25-26H,9-12,15H2,1-4H3. The van der Waals surface area contributed by atoms with Crippen molar-refractivity contribution in [3.63, 3.8) is 0 Å². The molecule has 2 unspecified atom stereocenters. The van der Waals surface area contributed by atoms with Crippen LogP contribution < -0.4 is 15.8 Å². The first kappa shape index (κ1) is 19.9. The molecule has 2 atom stereocenters. The number of nitrogens with zero attached hydrogens (tertiary/aromatic N) is 2. The predicted octanol–water partition coefficient (Wildman–Crippen LogP) is 3.18. The van der Waals surface area contributed by atoms with Gasteiger partial charge in [-0.1, -0.05) is 30.3 Å². The van der Waals surface area contributed by atoms with Gasteiger partial charge < -0.3 is 9.80 Å². The van der Waals surface area contributed by atoms with Gasteiger partial charge in [0, 0.05) is 37.9 Å². The number of carbonyl (C=O) groups is 1. The second kappa shape index (κ2) is 8.17. The topological polar surface area (TPSA) is 47.6 Å². The largest absolute Gasteiger partial charge is 0.368 e. The lowest BCUT2D eigenvalue weighted by atomic mass is 9.97. The molecular formula is C24H32N4O. The van der Waals surface area contributed by atoms with Crippen LogP contribution in [0, 0.1) is 27.7 Å². The molecule has 5 heteroatoms. The highest BCUT2D eigenvalue weighted by atomic mass is 16.2. The van der Waals surface area contributed by atoms with E-state index in [2.05, 4.69) is 79.8 Å². The van der Waals surface area contributed by atoms with Crippen LogP contribution in [0.3, 0.4) is 0 Å². The highest BCUT2D eigenvalue weighted by Crippen LogP contribution is 2.26. The van der Waals surface area contributed by atoms with Gasteiger partial charge in [-0.05, 0) is 68.0 Å². The average molecular weight is 393 g/mol. The van der Waals surface area contributed by atoms with Gasteiger partial charge in [0.25, 0.3) is 0 Å². The Labute approximate surface area is 174 Å². The van der Waals surface area contributed by atoms with Crippen LogP contribution in [0.5, 0.6) is 0 Å². The van der Waals surface area contributed by atoms with Crippen molar-refractivity contribution < 1.29 is 4.79 Å². The molecule has 0 aliphatic carbocycles. The van der Waals surface area contributed by atoms with Crippen LogP contribution >= 0.6 is 0 Å². The molecule has 2 N–H and O–H groups in total. The molecule has 5 nitrogen and oxygen atoms in total. The minimum absolute atomic E-state index is 0.158. The van der Waals surface area contributed by atoms with Crippen molar-refractivity contribution in [1.82, 2.24) is 15.8 Å². The number of hydrogen-bond acceptors (Lipinski definition) is 4. The van der Waals surface area contributed by atoms with Crippen molar-refractivity contribution in [3.8, 4) is 0 Å². The molecule has 0 aromatic heterocycles.